The third kappa shape index (κ3) is 4.29. The van der Waals surface area contributed by atoms with Crippen LogP contribution in [0.25, 0.3) is 0 Å². The Balaban J connectivity index is 0.00000208. The normalized spacial score (nSPS) is 13.2. The highest BCUT2D eigenvalue weighted by molar-refractivity contribution is 9.10. The van der Waals surface area contributed by atoms with Crippen molar-refractivity contribution in [2.75, 3.05) is 25.5 Å². The fourth-order valence-electron chi connectivity index (χ4n) is 2.74. The fraction of sp³-hybridized carbons (Fsp3) is 0.278. The maximum absolute atomic E-state index is 12.5. The molecule has 0 saturated carbocycles. The zero-order valence-electron chi connectivity index (χ0n) is 13.4. The minimum absolute atomic E-state index is 0. The minimum atomic E-state index is -0.112. The Morgan fingerprint density at radius 2 is 1.88 bits per heavy atom. The molecule has 128 valence electrons. The number of carbonyl (C=O) groups is 1. The van der Waals surface area contributed by atoms with Crippen LogP contribution >= 0.6 is 28.3 Å². The number of fused-ring (bicyclic) bond motifs is 1. The number of hydrogen-bond donors (Lipinski definition) is 2. The van der Waals surface area contributed by atoms with Crippen LogP contribution < -0.4 is 15.4 Å². The molecule has 1 amide bonds. The smallest absolute Gasteiger partial charge is 0.255 e. The molecule has 24 heavy (non-hydrogen) atoms. The van der Waals surface area contributed by atoms with Gasteiger partial charge in [-0.1, -0.05) is 6.07 Å². The summed E-state index contributed by atoms with van der Waals surface area (Å²) >= 11 is 3.45. The van der Waals surface area contributed by atoms with Gasteiger partial charge in [0.25, 0.3) is 5.91 Å². The van der Waals surface area contributed by atoms with Crippen molar-refractivity contribution in [1.82, 2.24) is 5.32 Å². The topological polar surface area (TPSA) is 50.4 Å². The number of ether oxygens (including phenoxy) is 1. The van der Waals surface area contributed by atoms with E-state index in [0.717, 1.165) is 30.4 Å². The molecule has 1 heterocycles. The molecular weight excluding hydrogens is 392 g/mol. The minimum Gasteiger partial charge on any atom is -0.497 e. The molecule has 0 fully saturated rings. The molecule has 1 aliphatic rings. The molecule has 2 aromatic rings. The average molecular weight is 412 g/mol. The van der Waals surface area contributed by atoms with Crippen LogP contribution in [0.2, 0.25) is 0 Å². The molecule has 6 heteroatoms. The van der Waals surface area contributed by atoms with Gasteiger partial charge in [0.1, 0.15) is 5.75 Å². The van der Waals surface area contributed by atoms with Crippen molar-refractivity contribution in [2.24, 2.45) is 0 Å². The van der Waals surface area contributed by atoms with E-state index in [2.05, 4.69) is 32.6 Å². The highest BCUT2D eigenvalue weighted by atomic mass is 79.9. The van der Waals surface area contributed by atoms with Crippen molar-refractivity contribution in [2.45, 2.75) is 12.8 Å². The molecule has 0 aliphatic carbocycles. The van der Waals surface area contributed by atoms with Crippen molar-refractivity contribution >= 4 is 39.9 Å². The SMILES string of the molecule is COc1ccc(Br)c(NC(=O)c2ccc3c(c2)CCNCC3)c1.Cl. The summed E-state index contributed by atoms with van der Waals surface area (Å²) in [5.41, 5.74) is 3.97. The van der Waals surface area contributed by atoms with Crippen molar-refractivity contribution in [1.29, 1.82) is 0 Å². The molecule has 3 rings (SSSR count). The number of amides is 1. The number of nitrogens with one attached hydrogen (secondary N) is 2. The van der Waals surface area contributed by atoms with Gasteiger partial charge in [-0.15, -0.1) is 12.4 Å². The lowest BCUT2D eigenvalue weighted by molar-refractivity contribution is 0.102. The quantitative estimate of drug-likeness (QED) is 0.807. The summed E-state index contributed by atoms with van der Waals surface area (Å²) in [6, 6.07) is 11.5. The van der Waals surface area contributed by atoms with Crippen molar-refractivity contribution < 1.29 is 9.53 Å². The van der Waals surface area contributed by atoms with Gasteiger partial charge in [0.2, 0.25) is 0 Å². The largest absolute Gasteiger partial charge is 0.497 e. The Morgan fingerprint density at radius 1 is 1.12 bits per heavy atom. The molecule has 0 saturated heterocycles. The van der Waals surface area contributed by atoms with Gasteiger partial charge in [0.15, 0.2) is 0 Å². The van der Waals surface area contributed by atoms with Crippen LogP contribution in [-0.4, -0.2) is 26.1 Å². The molecule has 0 aromatic heterocycles. The molecule has 0 spiro atoms. The zero-order valence-corrected chi connectivity index (χ0v) is 15.8. The molecule has 0 atom stereocenters. The van der Waals surface area contributed by atoms with Gasteiger partial charge in [-0.05, 0) is 77.3 Å². The first-order chi connectivity index (χ1) is 11.2. The van der Waals surface area contributed by atoms with E-state index < -0.39 is 0 Å². The van der Waals surface area contributed by atoms with E-state index in [1.54, 1.807) is 13.2 Å². The first kappa shape index (κ1) is 18.8. The van der Waals surface area contributed by atoms with Crippen molar-refractivity contribution in [3.8, 4) is 5.75 Å². The summed E-state index contributed by atoms with van der Waals surface area (Å²) in [6.07, 6.45) is 1.97. The summed E-state index contributed by atoms with van der Waals surface area (Å²) in [6.45, 7) is 1.95. The van der Waals surface area contributed by atoms with Crippen molar-refractivity contribution in [3.63, 3.8) is 0 Å². The lowest BCUT2D eigenvalue weighted by atomic mass is 10.00. The Labute approximate surface area is 156 Å². The summed E-state index contributed by atoms with van der Waals surface area (Å²) < 4.78 is 6.03. The Kier molecular flexibility index (Phi) is 6.66. The first-order valence-electron chi connectivity index (χ1n) is 7.65. The molecule has 1 aliphatic heterocycles. The lowest BCUT2D eigenvalue weighted by Crippen LogP contribution is -2.16. The van der Waals surface area contributed by atoms with E-state index in [1.165, 1.54) is 11.1 Å². The van der Waals surface area contributed by atoms with Gasteiger partial charge >= 0.3 is 0 Å². The molecule has 0 radical (unpaired) electrons. The first-order valence-corrected chi connectivity index (χ1v) is 8.44. The van der Waals surface area contributed by atoms with E-state index in [1.807, 2.05) is 24.3 Å². The third-order valence-corrected chi connectivity index (χ3v) is 4.72. The highest BCUT2D eigenvalue weighted by Gasteiger charge is 2.13. The Hall–Kier alpha value is -1.56. The van der Waals surface area contributed by atoms with Gasteiger partial charge in [0, 0.05) is 16.1 Å². The summed E-state index contributed by atoms with van der Waals surface area (Å²) in [4.78, 5) is 12.5. The molecule has 0 bridgehead atoms. The van der Waals surface area contributed by atoms with Crippen LogP contribution in [-0.2, 0) is 12.8 Å². The second-order valence-corrected chi connectivity index (χ2v) is 6.39. The maximum Gasteiger partial charge on any atom is 0.255 e. The highest BCUT2D eigenvalue weighted by Crippen LogP contribution is 2.27. The third-order valence-electron chi connectivity index (χ3n) is 4.03. The van der Waals surface area contributed by atoms with E-state index in [0.29, 0.717) is 17.0 Å². The predicted molar refractivity (Wildman–Crippen MR) is 103 cm³/mol. The van der Waals surface area contributed by atoms with Crippen LogP contribution in [0.4, 0.5) is 5.69 Å². The molecule has 2 N–H and O–H groups in total. The number of benzene rings is 2. The summed E-state index contributed by atoms with van der Waals surface area (Å²) in [5.74, 6) is 0.593. The van der Waals surface area contributed by atoms with Gasteiger partial charge < -0.3 is 15.4 Å². The summed E-state index contributed by atoms with van der Waals surface area (Å²) in [5, 5.41) is 6.32. The van der Waals surface area contributed by atoms with E-state index in [4.69, 9.17) is 4.74 Å². The predicted octanol–water partition coefficient (Wildman–Crippen LogP) is 3.82. The van der Waals surface area contributed by atoms with Crippen LogP contribution in [0.1, 0.15) is 21.5 Å². The Bertz CT molecular complexity index is 737. The molecule has 2 aromatic carbocycles. The van der Waals surface area contributed by atoms with Gasteiger partial charge in [-0.25, -0.2) is 0 Å². The van der Waals surface area contributed by atoms with E-state index in [9.17, 15) is 4.79 Å². The molecule has 0 unspecified atom stereocenters. The second-order valence-electron chi connectivity index (χ2n) is 5.53. The fourth-order valence-corrected chi connectivity index (χ4v) is 3.08. The Morgan fingerprint density at radius 3 is 2.62 bits per heavy atom. The standard InChI is InChI=1S/C18H19BrN2O2.ClH/c1-23-15-4-5-16(19)17(11-15)21-18(22)14-3-2-12-6-8-20-9-7-13(12)10-14;/h2-5,10-11,20H,6-9H2,1H3,(H,21,22);1H. The van der Waals surface area contributed by atoms with Crippen LogP contribution in [0.3, 0.4) is 0 Å². The van der Waals surface area contributed by atoms with Crippen LogP contribution in [0, 0.1) is 0 Å². The number of methoxy groups -OCH3 is 1. The van der Waals surface area contributed by atoms with Gasteiger partial charge in [0.05, 0.1) is 12.8 Å². The number of halogens is 2. The molecular formula is C18H20BrClN2O2. The van der Waals surface area contributed by atoms with Crippen molar-refractivity contribution in [3.05, 3.63) is 57.6 Å². The van der Waals surface area contributed by atoms with Crippen LogP contribution in [0.5, 0.6) is 5.75 Å². The number of carbonyl (C=O) groups excluding carboxylic acids is 1. The second kappa shape index (κ2) is 8.51. The number of rotatable bonds is 3. The van der Waals surface area contributed by atoms with E-state index in [-0.39, 0.29) is 18.3 Å². The maximum atomic E-state index is 12.5. The summed E-state index contributed by atoms with van der Waals surface area (Å²) in [7, 11) is 1.61. The van der Waals surface area contributed by atoms with Gasteiger partial charge in [-0.2, -0.15) is 0 Å². The number of anilines is 1. The average Bonchev–Trinajstić information content (AvgIpc) is 2.81. The van der Waals surface area contributed by atoms with Gasteiger partial charge in [-0.3, -0.25) is 4.79 Å². The lowest BCUT2D eigenvalue weighted by Gasteiger charge is -2.11. The van der Waals surface area contributed by atoms with Crippen LogP contribution in [0.15, 0.2) is 40.9 Å². The monoisotopic (exact) mass is 410 g/mol. The van der Waals surface area contributed by atoms with E-state index >= 15 is 0 Å². The number of hydrogen-bond acceptors (Lipinski definition) is 3. The zero-order chi connectivity index (χ0) is 16.2. The molecule has 4 nitrogen and oxygen atoms in total.